The van der Waals surface area contributed by atoms with Crippen molar-refractivity contribution in [1.82, 2.24) is 5.43 Å². The van der Waals surface area contributed by atoms with Crippen molar-refractivity contribution in [3.05, 3.63) is 70.8 Å². The van der Waals surface area contributed by atoms with Gasteiger partial charge in [0, 0.05) is 18.2 Å². The predicted molar refractivity (Wildman–Crippen MR) is 71.2 cm³/mol. The van der Waals surface area contributed by atoms with E-state index in [-0.39, 0.29) is 12.8 Å². The van der Waals surface area contributed by atoms with Gasteiger partial charge in [0.15, 0.2) is 0 Å². The molecule has 0 bridgehead atoms. The third kappa shape index (κ3) is 4.54. The van der Waals surface area contributed by atoms with E-state index in [1.54, 1.807) is 0 Å². The van der Waals surface area contributed by atoms with Gasteiger partial charge in [0.1, 0.15) is 23.3 Å². The molecule has 0 radical (unpaired) electrons. The summed E-state index contributed by atoms with van der Waals surface area (Å²) in [7, 11) is 0. The molecule has 2 aromatic carbocycles. The number of hydrogen-bond acceptors (Lipinski definition) is 2. The fourth-order valence-corrected chi connectivity index (χ4v) is 2.22. The van der Waals surface area contributed by atoms with Gasteiger partial charge in [0.05, 0.1) is 0 Å². The van der Waals surface area contributed by atoms with Gasteiger partial charge in [-0.2, -0.15) is 0 Å². The standard InChI is InChI=1S/C15H14F4N2/c16-11-1-9(2-12(17)7-11)5-15(21-20)6-10-3-13(18)8-14(19)4-10/h1-4,7-8,15,21H,5-6,20H2. The summed E-state index contributed by atoms with van der Waals surface area (Å²) in [5, 5.41) is 0. The van der Waals surface area contributed by atoms with Crippen molar-refractivity contribution in [3.8, 4) is 0 Å². The first kappa shape index (κ1) is 15.5. The number of rotatable bonds is 5. The summed E-state index contributed by atoms with van der Waals surface area (Å²) in [5.41, 5.74) is 3.31. The molecule has 0 fully saturated rings. The largest absolute Gasteiger partial charge is 0.271 e. The Morgan fingerprint density at radius 2 is 1.05 bits per heavy atom. The molecule has 112 valence electrons. The fraction of sp³-hybridized carbons (Fsp3) is 0.200. The van der Waals surface area contributed by atoms with Crippen LogP contribution in [0.5, 0.6) is 0 Å². The van der Waals surface area contributed by atoms with Crippen LogP contribution in [0.4, 0.5) is 17.6 Å². The van der Waals surface area contributed by atoms with Gasteiger partial charge >= 0.3 is 0 Å². The van der Waals surface area contributed by atoms with Crippen LogP contribution in [-0.2, 0) is 12.8 Å². The highest BCUT2D eigenvalue weighted by molar-refractivity contribution is 5.22. The third-order valence-corrected chi connectivity index (χ3v) is 3.04. The van der Waals surface area contributed by atoms with Crippen molar-refractivity contribution in [2.75, 3.05) is 0 Å². The van der Waals surface area contributed by atoms with Gasteiger partial charge in [0.2, 0.25) is 0 Å². The highest BCUT2D eigenvalue weighted by atomic mass is 19.1. The van der Waals surface area contributed by atoms with Crippen LogP contribution < -0.4 is 11.3 Å². The van der Waals surface area contributed by atoms with Crippen molar-refractivity contribution in [2.24, 2.45) is 5.84 Å². The first-order chi connectivity index (χ1) is 9.96. The van der Waals surface area contributed by atoms with Gasteiger partial charge in [0.25, 0.3) is 0 Å². The van der Waals surface area contributed by atoms with E-state index in [2.05, 4.69) is 5.43 Å². The molecular weight excluding hydrogens is 284 g/mol. The third-order valence-electron chi connectivity index (χ3n) is 3.04. The molecule has 21 heavy (non-hydrogen) atoms. The van der Waals surface area contributed by atoms with Gasteiger partial charge in [-0.05, 0) is 48.2 Å². The molecule has 3 N–H and O–H groups in total. The zero-order valence-electron chi connectivity index (χ0n) is 11.0. The molecule has 0 amide bonds. The van der Waals surface area contributed by atoms with Crippen LogP contribution in [0, 0.1) is 23.3 Å². The molecule has 2 rings (SSSR count). The number of benzene rings is 2. The van der Waals surface area contributed by atoms with E-state index < -0.39 is 29.3 Å². The molecule has 0 spiro atoms. The molecule has 0 aliphatic heterocycles. The lowest BCUT2D eigenvalue weighted by molar-refractivity contribution is 0.511. The maximum atomic E-state index is 13.1. The van der Waals surface area contributed by atoms with Gasteiger partial charge in [-0.25, -0.2) is 17.6 Å². The van der Waals surface area contributed by atoms with Crippen LogP contribution in [0.25, 0.3) is 0 Å². The minimum atomic E-state index is -0.683. The second-order valence-electron chi connectivity index (χ2n) is 4.83. The summed E-state index contributed by atoms with van der Waals surface area (Å²) in [6, 6.07) is 5.91. The summed E-state index contributed by atoms with van der Waals surface area (Å²) in [6.45, 7) is 0. The zero-order chi connectivity index (χ0) is 15.4. The molecule has 6 heteroatoms. The van der Waals surface area contributed by atoms with Gasteiger partial charge in [-0.3, -0.25) is 11.3 Å². The molecule has 0 aromatic heterocycles. The minimum Gasteiger partial charge on any atom is -0.271 e. The molecule has 0 saturated heterocycles. The van der Waals surface area contributed by atoms with Crippen molar-refractivity contribution in [3.63, 3.8) is 0 Å². The van der Waals surface area contributed by atoms with Gasteiger partial charge in [-0.15, -0.1) is 0 Å². The lowest BCUT2D eigenvalue weighted by atomic mass is 9.99. The number of nitrogens with two attached hydrogens (primary N) is 1. The number of nitrogens with one attached hydrogen (secondary N) is 1. The molecule has 0 aliphatic carbocycles. The first-order valence-electron chi connectivity index (χ1n) is 6.32. The van der Waals surface area contributed by atoms with Crippen LogP contribution in [0.3, 0.4) is 0 Å². The molecular formula is C15H14F4N2. The summed E-state index contributed by atoms with van der Waals surface area (Å²) in [5.74, 6) is 2.66. The maximum Gasteiger partial charge on any atom is 0.126 e. The maximum absolute atomic E-state index is 13.1. The Hall–Kier alpha value is -1.92. The second-order valence-corrected chi connectivity index (χ2v) is 4.83. The van der Waals surface area contributed by atoms with Crippen molar-refractivity contribution < 1.29 is 17.6 Å². The van der Waals surface area contributed by atoms with E-state index >= 15 is 0 Å². The highest BCUT2D eigenvalue weighted by Gasteiger charge is 2.12. The average Bonchev–Trinajstić information content (AvgIpc) is 2.35. The lowest BCUT2D eigenvalue weighted by Gasteiger charge is -2.16. The molecule has 0 heterocycles. The van der Waals surface area contributed by atoms with Crippen molar-refractivity contribution in [2.45, 2.75) is 18.9 Å². The van der Waals surface area contributed by atoms with Gasteiger partial charge < -0.3 is 0 Å². The SMILES string of the molecule is NNC(Cc1cc(F)cc(F)c1)Cc1cc(F)cc(F)c1. The predicted octanol–water partition coefficient (Wildman–Crippen LogP) is 2.86. The van der Waals surface area contributed by atoms with E-state index in [1.807, 2.05) is 0 Å². The second kappa shape index (κ2) is 6.69. The summed E-state index contributed by atoms with van der Waals surface area (Å²) in [4.78, 5) is 0. The molecule has 0 saturated carbocycles. The smallest absolute Gasteiger partial charge is 0.126 e. The quantitative estimate of drug-likeness (QED) is 0.506. The molecule has 2 aromatic rings. The number of hydrazine groups is 1. The first-order valence-corrected chi connectivity index (χ1v) is 6.32. The normalized spacial score (nSPS) is 11.1. The Bertz CT molecular complexity index is 537. The van der Waals surface area contributed by atoms with E-state index in [9.17, 15) is 17.6 Å². The lowest BCUT2D eigenvalue weighted by Crippen LogP contribution is -2.38. The molecule has 0 aliphatic rings. The van der Waals surface area contributed by atoms with E-state index in [4.69, 9.17) is 5.84 Å². The Kier molecular flexibility index (Phi) is 4.93. The summed E-state index contributed by atoms with van der Waals surface area (Å²) in [6.07, 6.45) is 0.451. The number of halogens is 4. The van der Waals surface area contributed by atoms with Crippen LogP contribution in [0.15, 0.2) is 36.4 Å². The monoisotopic (exact) mass is 298 g/mol. The Labute approximate surface area is 119 Å². The van der Waals surface area contributed by atoms with E-state index in [1.165, 1.54) is 24.3 Å². The fourth-order valence-electron chi connectivity index (χ4n) is 2.22. The molecule has 0 atom stereocenters. The highest BCUT2D eigenvalue weighted by Crippen LogP contribution is 2.14. The van der Waals surface area contributed by atoms with E-state index in [0.717, 1.165) is 12.1 Å². The topological polar surface area (TPSA) is 38.0 Å². The molecule has 0 unspecified atom stereocenters. The minimum absolute atomic E-state index is 0.226. The van der Waals surface area contributed by atoms with E-state index in [0.29, 0.717) is 11.1 Å². The molecule has 2 nitrogen and oxygen atoms in total. The Morgan fingerprint density at radius 3 is 1.33 bits per heavy atom. The van der Waals surface area contributed by atoms with Gasteiger partial charge in [-0.1, -0.05) is 0 Å². The van der Waals surface area contributed by atoms with Crippen molar-refractivity contribution >= 4 is 0 Å². The van der Waals surface area contributed by atoms with Crippen LogP contribution in [-0.4, -0.2) is 6.04 Å². The Morgan fingerprint density at radius 1 is 0.714 bits per heavy atom. The zero-order valence-corrected chi connectivity index (χ0v) is 11.0. The van der Waals surface area contributed by atoms with Crippen LogP contribution in [0.1, 0.15) is 11.1 Å². The van der Waals surface area contributed by atoms with Crippen LogP contribution in [0.2, 0.25) is 0 Å². The summed E-state index contributed by atoms with van der Waals surface area (Å²) >= 11 is 0. The van der Waals surface area contributed by atoms with Crippen molar-refractivity contribution in [1.29, 1.82) is 0 Å². The summed E-state index contributed by atoms with van der Waals surface area (Å²) < 4.78 is 52.5. The van der Waals surface area contributed by atoms with Crippen LogP contribution >= 0.6 is 0 Å². The number of hydrogen-bond donors (Lipinski definition) is 2. The Balaban J connectivity index is 2.12. The average molecular weight is 298 g/mol.